The summed E-state index contributed by atoms with van der Waals surface area (Å²) in [4.78, 5) is 37.5. The molecule has 1 aliphatic heterocycles. The van der Waals surface area contributed by atoms with Crippen LogP contribution in [0.15, 0.2) is 17.0 Å². The van der Waals surface area contributed by atoms with Gasteiger partial charge in [0.1, 0.15) is 12.3 Å². The minimum Gasteiger partial charge on any atom is -0.492 e. The third-order valence-corrected chi connectivity index (χ3v) is 5.64. The first-order valence-corrected chi connectivity index (χ1v) is 10.8. The van der Waals surface area contributed by atoms with E-state index in [1.807, 2.05) is 19.1 Å². The molecule has 1 aromatic rings. The Hall–Kier alpha value is -0.820. The summed E-state index contributed by atoms with van der Waals surface area (Å²) < 4.78 is 12.4. The molecule has 0 aliphatic carbocycles. The maximum atomic E-state index is 12.5. The highest BCUT2D eigenvalue weighted by molar-refractivity contribution is 14.1. The first-order chi connectivity index (χ1) is 12.2. The van der Waals surface area contributed by atoms with Crippen LogP contribution in [-0.2, 0) is 14.3 Å². The maximum Gasteiger partial charge on any atom is 0.326 e. The second kappa shape index (κ2) is 9.40. The first-order valence-electron chi connectivity index (χ1n) is 7.79. The monoisotopic (exact) mass is 601 g/mol. The zero-order valence-corrected chi connectivity index (χ0v) is 19.5. The lowest BCUT2D eigenvalue weighted by Gasteiger charge is -2.13. The molecule has 0 aromatic heterocycles. The van der Waals surface area contributed by atoms with Gasteiger partial charge in [0.15, 0.2) is 0 Å². The van der Waals surface area contributed by atoms with Crippen LogP contribution in [0, 0.1) is 7.14 Å². The summed E-state index contributed by atoms with van der Waals surface area (Å²) in [5, 5.41) is -0.475. The average Bonchev–Trinajstić information content (AvgIpc) is 2.78. The number of halogens is 2. The summed E-state index contributed by atoms with van der Waals surface area (Å²) in [6.45, 7) is 5.52. The van der Waals surface area contributed by atoms with E-state index in [2.05, 4.69) is 45.2 Å². The molecule has 0 atom stereocenters. The van der Waals surface area contributed by atoms with E-state index in [9.17, 15) is 14.4 Å². The van der Waals surface area contributed by atoms with Crippen LogP contribution in [0.25, 0.3) is 6.08 Å². The Balaban J connectivity index is 2.21. The highest BCUT2D eigenvalue weighted by atomic mass is 127. The number of amides is 2. The van der Waals surface area contributed by atoms with Crippen molar-refractivity contribution >= 4 is 80.1 Å². The average molecular weight is 601 g/mol. The first kappa shape index (κ1) is 21.5. The van der Waals surface area contributed by atoms with Gasteiger partial charge >= 0.3 is 5.97 Å². The number of carbonyl (C=O) groups is 3. The topological polar surface area (TPSA) is 72.9 Å². The van der Waals surface area contributed by atoms with Crippen LogP contribution in [0.5, 0.6) is 5.75 Å². The van der Waals surface area contributed by atoms with Gasteiger partial charge in [0, 0.05) is 0 Å². The number of benzene rings is 1. The predicted octanol–water partition coefficient (Wildman–Crippen LogP) is 4.28. The lowest BCUT2D eigenvalue weighted by Crippen LogP contribution is -2.35. The van der Waals surface area contributed by atoms with Gasteiger partial charge < -0.3 is 9.47 Å². The molecule has 2 rings (SSSR count). The van der Waals surface area contributed by atoms with Crippen LogP contribution < -0.4 is 4.74 Å². The van der Waals surface area contributed by atoms with Crippen LogP contribution in [0.1, 0.15) is 26.3 Å². The van der Waals surface area contributed by atoms with E-state index in [0.29, 0.717) is 6.61 Å². The van der Waals surface area contributed by atoms with Crippen LogP contribution in [-0.4, -0.2) is 41.3 Å². The molecule has 1 fully saturated rings. The van der Waals surface area contributed by atoms with E-state index in [1.54, 1.807) is 19.9 Å². The van der Waals surface area contributed by atoms with Gasteiger partial charge in [0.25, 0.3) is 11.1 Å². The zero-order chi connectivity index (χ0) is 19.4. The van der Waals surface area contributed by atoms with Gasteiger partial charge in [-0.1, -0.05) is 0 Å². The van der Waals surface area contributed by atoms with Crippen LogP contribution in [0.2, 0.25) is 0 Å². The summed E-state index contributed by atoms with van der Waals surface area (Å²) in [5.41, 5.74) is 0.789. The van der Waals surface area contributed by atoms with Gasteiger partial charge in [-0.2, -0.15) is 0 Å². The normalized spacial score (nSPS) is 15.9. The summed E-state index contributed by atoms with van der Waals surface area (Å²) in [6, 6.07) is 3.77. The molecule has 0 radical (unpaired) electrons. The smallest absolute Gasteiger partial charge is 0.326 e. The second-order valence-electron chi connectivity index (χ2n) is 5.55. The van der Waals surface area contributed by atoms with Crippen molar-refractivity contribution in [2.45, 2.75) is 26.9 Å². The van der Waals surface area contributed by atoms with Crippen molar-refractivity contribution in [3.63, 3.8) is 0 Å². The van der Waals surface area contributed by atoms with Crippen molar-refractivity contribution in [2.24, 2.45) is 0 Å². The van der Waals surface area contributed by atoms with Crippen molar-refractivity contribution < 1.29 is 23.9 Å². The number of ether oxygens (including phenoxy) is 2. The number of esters is 1. The Labute approximate surface area is 183 Å². The molecule has 0 spiro atoms. The Kier molecular flexibility index (Phi) is 7.76. The standard InChI is InChI=1S/C17H17I2NO5S/c1-4-24-15-11(18)5-10(6-12(15)19)7-13-16(22)20(17(23)26-13)8-14(21)25-9(2)3/h5-7,9H,4,8H2,1-3H3/b13-7+. The number of hydrogen-bond acceptors (Lipinski definition) is 6. The summed E-state index contributed by atoms with van der Waals surface area (Å²) in [7, 11) is 0. The van der Waals surface area contributed by atoms with Gasteiger partial charge in [0.05, 0.1) is 24.8 Å². The molecule has 0 saturated carbocycles. The lowest BCUT2D eigenvalue weighted by atomic mass is 10.2. The predicted molar refractivity (Wildman–Crippen MR) is 117 cm³/mol. The molecule has 1 saturated heterocycles. The number of carbonyl (C=O) groups excluding carboxylic acids is 3. The molecule has 26 heavy (non-hydrogen) atoms. The molecule has 1 aromatic carbocycles. The molecule has 2 amide bonds. The number of hydrogen-bond donors (Lipinski definition) is 0. The second-order valence-corrected chi connectivity index (χ2v) is 8.87. The van der Waals surface area contributed by atoms with Crippen molar-refractivity contribution in [1.29, 1.82) is 0 Å². The largest absolute Gasteiger partial charge is 0.492 e. The van der Waals surface area contributed by atoms with Gasteiger partial charge in [-0.25, -0.2) is 0 Å². The molecule has 0 unspecified atom stereocenters. The SMILES string of the molecule is CCOc1c(I)cc(/C=C2/SC(=O)N(CC(=O)OC(C)C)C2=O)cc1I. The number of nitrogens with zero attached hydrogens (tertiary/aromatic N) is 1. The molecule has 1 heterocycles. The highest BCUT2D eigenvalue weighted by Crippen LogP contribution is 2.34. The summed E-state index contributed by atoms with van der Waals surface area (Å²) in [6.07, 6.45) is 1.35. The fourth-order valence-electron chi connectivity index (χ4n) is 2.16. The van der Waals surface area contributed by atoms with Gasteiger partial charge in [0.2, 0.25) is 0 Å². The molecule has 140 valence electrons. The molecular formula is C17H17I2NO5S. The summed E-state index contributed by atoms with van der Waals surface area (Å²) in [5.74, 6) is -0.288. The molecule has 1 aliphatic rings. The van der Waals surface area contributed by atoms with E-state index in [0.717, 1.165) is 35.1 Å². The van der Waals surface area contributed by atoms with Crippen molar-refractivity contribution in [1.82, 2.24) is 4.90 Å². The molecular weight excluding hydrogens is 584 g/mol. The Bertz CT molecular complexity index is 755. The van der Waals surface area contributed by atoms with Crippen LogP contribution >= 0.6 is 56.9 Å². The quantitative estimate of drug-likeness (QED) is 0.276. The summed E-state index contributed by atoms with van der Waals surface area (Å²) >= 11 is 5.16. The maximum absolute atomic E-state index is 12.5. The molecule has 9 heteroatoms. The van der Waals surface area contributed by atoms with Crippen molar-refractivity contribution in [3.8, 4) is 5.75 Å². The Morgan fingerprint density at radius 2 is 1.88 bits per heavy atom. The van der Waals surface area contributed by atoms with Gasteiger partial charge in [-0.3, -0.25) is 19.3 Å². The number of rotatable bonds is 6. The third-order valence-electron chi connectivity index (χ3n) is 3.13. The minimum absolute atomic E-state index is 0.281. The lowest BCUT2D eigenvalue weighted by molar-refractivity contribution is -0.149. The molecule has 0 bridgehead atoms. The van der Waals surface area contributed by atoms with Gasteiger partial charge in [-0.05, 0) is 101 Å². The van der Waals surface area contributed by atoms with Crippen LogP contribution in [0.3, 0.4) is 0 Å². The van der Waals surface area contributed by atoms with E-state index in [1.165, 1.54) is 0 Å². The van der Waals surface area contributed by atoms with E-state index >= 15 is 0 Å². The highest BCUT2D eigenvalue weighted by Gasteiger charge is 2.36. The van der Waals surface area contributed by atoms with Crippen LogP contribution in [0.4, 0.5) is 4.79 Å². The number of imide groups is 1. The van der Waals surface area contributed by atoms with E-state index in [4.69, 9.17) is 9.47 Å². The van der Waals surface area contributed by atoms with Gasteiger partial charge in [-0.15, -0.1) is 0 Å². The number of thioether (sulfide) groups is 1. The van der Waals surface area contributed by atoms with E-state index < -0.39 is 17.1 Å². The molecule has 0 N–H and O–H groups in total. The fourth-order valence-corrected chi connectivity index (χ4v) is 5.13. The Morgan fingerprint density at radius 3 is 2.42 bits per heavy atom. The van der Waals surface area contributed by atoms with Crippen molar-refractivity contribution in [2.75, 3.05) is 13.2 Å². The van der Waals surface area contributed by atoms with E-state index in [-0.39, 0.29) is 17.6 Å². The zero-order valence-electron chi connectivity index (χ0n) is 14.4. The Morgan fingerprint density at radius 1 is 1.27 bits per heavy atom. The third kappa shape index (κ3) is 5.35. The fraction of sp³-hybridized carbons (Fsp3) is 0.353. The molecule has 6 nitrogen and oxygen atoms in total. The minimum atomic E-state index is -0.603. The van der Waals surface area contributed by atoms with Crippen molar-refractivity contribution in [3.05, 3.63) is 29.7 Å².